The molecule has 6 rings (SSSR count). The number of amides is 2. The Morgan fingerprint density at radius 2 is 1.73 bits per heavy atom. The van der Waals surface area contributed by atoms with Gasteiger partial charge in [-0.15, -0.1) is 0 Å². The number of rotatable bonds is 7. The fourth-order valence-corrected chi connectivity index (χ4v) is 5.60. The fourth-order valence-electron chi connectivity index (χ4n) is 5.60. The molecule has 0 saturated heterocycles. The number of phenols is 1. The van der Waals surface area contributed by atoms with E-state index in [2.05, 4.69) is 15.2 Å². The van der Waals surface area contributed by atoms with Crippen LogP contribution in [0.2, 0.25) is 0 Å². The van der Waals surface area contributed by atoms with Crippen molar-refractivity contribution in [1.82, 2.24) is 14.9 Å². The number of hydrogen-bond donors (Lipinski definition) is 3. The Morgan fingerprint density at radius 3 is 2.49 bits per heavy atom. The van der Waals surface area contributed by atoms with E-state index in [0.29, 0.717) is 17.3 Å². The maximum absolute atomic E-state index is 13.2. The van der Waals surface area contributed by atoms with Gasteiger partial charge in [-0.3, -0.25) is 9.59 Å². The standard InChI is InChI=1S/C33H32N4O4/c1-21(32(39)35-26-9-5-7-22(17-26)23-8-6-12-28(38)18-23)34-33(40)24-13-14-30-29(19-24)36-31(25-15-16-41-20-25)37(30)27-10-3-2-4-11-27/h5-9,12-21,27,38H,2-4,10-11H2,1H3,(H,34,40)(H,35,39). The zero-order chi connectivity index (χ0) is 28.3. The van der Waals surface area contributed by atoms with Gasteiger partial charge in [-0.25, -0.2) is 4.98 Å². The van der Waals surface area contributed by atoms with E-state index < -0.39 is 6.04 Å². The zero-order valence-electron chi connectivity index (χ0n) is 22.8. The number of furan rings is 1. The molecule has 41 heavy (non-hydrogen) atoms. The lowest BCUT2D eigenvalue weighted by Gasteiger charge is -2.25. The SMILES string of the molecule is CC(NC(=O)c1ccc2c(c1)nc(-c1ccoc1)n2C1CCCCC1)C(=O)Nc1cccc(-c2cccc(O)c2)c1. The number of hydrogen-bond acceptors (Lipinski definition) is 5. The summed E-state index contributed by atoms with van der Waals surface area (Å²) in [6.07, 6.45) is 9.18. The largest absolute Gasteiger partial charge is 0.508 e. The van der Waals surface area contributed by atoms with Crippen LogP contribution in [0.25, 0.3) is 33.5 Å². The number of phenolic OH excluding ortho intramolecular Hbond substituents is 1. The lowest BCUT2D eigenvalue weighted by atomic mass is 9.95. The summed E-state index contributed by atoms with van der Waals surface area (Å²) in [6.45, 7) is 1.65. The minimum absolute atomic E-state index is 0.171. The van der Waals surface area contributed by atoms with Crippen molar-refractivity contribution in [1.29, 1.82) is 0 Å². The monoisotopic (exact) mass is 548 g/mol. The van der Waals surface area contributed by atoms with Gasteiger partial charge in [0.15, 0.2) is 0 Å². The van der Waals surface area contributed by atoms with Crippen LogP contribution in [0.4, 0.5) is 5.69 Å². The highest BCUT2D eigenvalue weighted by Crippen LogP contribution is 2.36. The lowest BCUT2D eigenvalue weighted by molar-refractivity contribution is -0.117. The second kappa shape index (κ2) is 11.3. The lowest BCUT2D eigenvalue weighted by Crippen LogP contribution is -2.41. The summed E-state index contributed by atoms with van der Waals surface area (Å²) >= 11 is 0. The third-order valence-electron chi connectivity index (χ3n) is 7.72. The molecule has 3 N–H and O–H groups in total. The maximum atomic E-state index is 13.2. The molecule has 1 atom stereocenters. The summed E-state index contributed by atoms with van der Waals surface area (Å²) in [5.41, 5.74) is 5.36. The van der Waals surface area contributed by atoms with Crippen molar-refractivity contribution in [3.8, 4) is 28.3 Å². The molecule has 5 aromatic rings. The second-order valence-electron chi connectivity index (χ2n) is 10.6. The third kappa shape index (κ3) is 5.59. The van der Waals surface area contributed by atoms with Crippen molar-refractivity contribution in [2.75, 3.05) is 5.32 Å². The van der Waals surface area contributed by atoms with Crippen molar-refractivity contribution in [2.45, 2.75) is 51.1 Å². The third-order valence-corrected chi connectivity index (χ3v) is 7.72. The number of carbonyl (C=O) groups excluding carboxylic acids is 2. The molecule has 1 fully saturated rings. The highest BCUT2D eigenvalue weighted by Gasteiger charge is 2.24. The predicted molar refractivity (Wildman–Crippen MR) is 159 cm³/mol. The summed E-state index contributed by atoms with van der Waals surface area (Å²) in [6, 6.07) is 21.3. The summed E-state index contributed by atoms with van der Waals surface area (Å²) in [5, 5.41) is 15.5. The van der Waals surface area contributed by atoms with Gasteiger partial charge in [-0.1, -0.05) is 43.5 Å². The van der Waals surface area contributed by atoms with Gasteiger partial charge in [0, 0.05) is 17.3 Å². The Kier molecular flexibility index (Phi) is 7.29. The Labute approximate surface area is 238 Å². The molecule has 0 bridgehead atoms. The van der Waals surface area contributed by atoms with E-state index in [1.807, 2.05) is 36.4 Å². The van der Waals surface area contributed by atoms with Gasteiger partial charge < -0.3 is 24.7 Å². The number of nitrogens with zero attached hydrogens (tertiary/aromatic N) is 2. The van der Waals surface area contributed by atoms with Crippen molar-refractivity contribution in [3.63, 3.8) is 0 Å². The molecule has 0 spiro atoms. The maximum Gasteiger partial charge on any atom is 0.251 e. The Bertz CT molecular complexity index is 1700. The zero-order valence-corrected chi connectivity index (χ0v) is 22.8. The van der Waals surface area contributed by atoms with Crippen LogP contribution in [0.1, 0.15) is 55.4 Å². The molecule has 1 saturated carbocycles. The molecule has 0 aliphatic heterocycles. The molecular weight excluding hydrogens is 516 g/mol. The number of benzene rings is 3. The number of imidazole rings is 1. The quantitative estimate of drug-likeness (QED) is 0.204. The smallest absolute Gasteiger partial charge is 0.251 e. The highest BCUT2D eigenvalue weighted by atomic mass is 16.3. The Balaban J connectivity index is 1.18. The fraction of sp³-hybridized carbons (Fsp3) is 0.242. The molecule has 8 nitrogen and oxygen atoms in total. The van der Waals surface area contributed by atoms with Gasteiger partial charge in [0.05, 0.1) is 22.9 Å². The molecule has 1 aliphatic carbocycles. The number of nitrogens with one attached hydrogen (secondary N) is 2. The molecular formula is C33H32N4O4. The van der Waals surface area contributed by atoms with Crippen LogP contribution in [-0.4, -0.2) is 32.5 Å². The first kappa shape index (κ1) is 26.4. The van der Waals surface area contributed by atoms with Gasteiger partial charge in [0.25, 0.3) is 5.91 Å². The Morgan fingerprint density at radius 1 is 0.951 bits per heavy atom. The second-order valence-corrected chi connectivity index (χ2v) is 10.6. The van der Waals surface area contributed by atoms with Crippen LogP contribution in [0.15, 0.2) is 89.7 Å². The predicted octanol–water partition coefficient (Wildman–Crippen LogP) is 6.93. The average Bonchev–Trinajstić information content (AvgIpc) is 3.65. The van der Waals surface area contributed by atoms with E-state index in [-0.39, 0.29) is 17.6 Å². The van der Waals surface area contributed by atoms with Crippen LogP contribution in [-0.2, 0) is 4.79 Å². The number of aromatic nitrogens is 2. The minimum atomic E-state index is -0.774. The Hall–Kier alpha value is -4.85. The molecule has 8 heteroatoms. The van der Waals surface area contributed by atoms with Crippen molar-refractivity contribution in [2.24, 2.45) is 0 Å². The van der Waals surface area contributed by atoms with Crippen molar-refractivity contribution >= 4 is 28.5 Å². The molecule has 1 aliphatic rings. The first-order chi connectivity index (χ1) is 20.0. The van der Waals surface area contributed by atoms with Crippen molar-refractivity contribution in [3.05, 3.63) is 90.9 Å². The van der Waals surface area contributed by atoms with Gasteiger partial charge in [-0.2, -0.15) is 0 Å². The van der Waals surface area contributed by atoms with Gasteiger partial charge in [0.2, 0.25) is 5.91 Å². The van der Waals surface area contributed by atoms with Gasteiger partial charge >= 0.3 is 0 Å². The summed E-state index contributed by atoms with van der Waals surface area (Å²) < 4.78 is 7.64. The normalized spacial score (nSPS) is 14.6. The van der Waals surface area contributed by atoms with Gasteiger partial charge in [0.1, 0.15) is 23.9 Å². The van der Waals surface area contributed by atoms with Crippen molar-refractivity contribution < 1.29 is 19.1 Å². The van der Waals surface area contributed by atoms with E-state index in [9.17, 15) is 14.7 Å². The molecule has 2 amide bonds. The number of fused-ring (bicyclic) bond motifs is 1. The molecule has 2 aromatic heterocycles. The van der Waals surface area contributed by atoms with E-state index in [4.69, 9.17) is 9.40 Å². The summed E-state index contributed by atoms with van der Waals surface area (Å²) in [5.74, 6) is 0.334. The molecule has 208 valence electrons. The molecule has 2 heterocycles. The van der Waals surface area contributed by atoms with Crippen LogP contribution in [0, 0.1) is 0 Å². The molecule has 1 unspecified atom stereocenters. The number of anilines is 1. The van der Waals surface area contributed by atoms with Crippen LogP contribution < -0.4 is 10.6 Å². The summed E-state index contributed by atoms with van der Waals surface area (Å²) in [4.78, 5) is 31.1. The minimum Gasteiger partial charge on any atom is -0.508 e. The number of carbonyl (C=O) groups is 2. The van der Waals surface area contributed by atoms with E-state index in [1.54, 1.807) is 55.8 Å². The van der Waals surface area contributed by atoms with E-state index in [0.717, 1.165) is 46.4 Å². The highest BCUT2D eigenvalue weighted by molar-refractivity contribution is 6.02. The summed E-state index contributed by atoms with van der Waals surface area (Å²) in [7, 11) is 0. The van der Waals surface area contributed by atoms with Crippen LogP contribution in [0.5, 0.6) is 5.75 Å². The van der Waals surface area contributed by atoms with Crippen LogP contribution in [0.3, 0.4) is 0 Å². The molecule has 0 radical (unpaired) electrons. The van der Waals surface area contributed by atoms with E-state index in [1.165, 1.54) is 19.3 Å². The number of aromatic hydroxyl groups is 1. The first-order valence-electron chi connectivity index (χ1n) is 14.0. The average molecular weight is 549 g/mol. The van der Waals surface area contributed by atoms with Crippen LogP contribution >= 0.6 is 0 Å². The first-order valence-corrected chi connectivity index (χ1v) is 14.0. The van der Waals surface area contributed by atoms with Gasteiger partial charge in [-0.05, 0) is 79.4 Å². The molecule has 3 aromatic carbocycles. The van der Waals surface area contributed by atoms with E-state index >= 15 is 0 Å². The topological polar surface area (TPSA) is 109 Å².